The van der Waals surface area contributed by atoms with Crippen LogP contribution < -0.4 is 4.90 Å². The van der Waals surface area contributed by atoms with Gasteiger partial charge in [0.15, 0.2) is 11.4 Å². The van der Waals surface area contributed by atoms with Crippen molar-refractivity contribution in [1.29, 1.82) is 0 Å². The predicted octanol–water partition coefficient (Wildman–Crippen LogP) is 3.72. The van der Waals surface area contributed by atoms with Crippen molar-refractivity contribution in [1.82, 2.24) is 19.9 Å². The fourth-order valence-electron chi connectivity index (χ4n) is 4.66. The number of H-pyrrole nitrogens is 1. The largest absolute Gasteiger partial charge is 0.344 e. The number of carbonyl (C=O) groups is 2. The average molecular weight is 438 g/mol. The quantitative estimate of drug-likeness (QED) is 0.628. The van der Waals surface area contributed by atoms with E-state index in [1.165, 1.54) is 6.42 Å². The lowest BCUT2D eigenvalue weighted by Crippen LogP contribution is -2.38. The van der Waals surface area contributed by atoms with Crippen molar-refractivity contribution in [2.75, 3.05) is 23.0 Å². The zero-order valence-corrected chi connectivity index (χ0v) is 18.6. The van der Waals surface area contributed by atoms with Gasteiger partial charge in [-0.1, -0.05) is 26.2 Å². The van der Waals surface area contributed by atoms with Gasteiger partial charge in [-0.2, -0.15) is 0 Å². The van der Waals surface area contributed by atoms with E-state index in [4.69, 9.17) is 4.98 Å². The average Bonchev–Trinajstić information content (AvgIpc) is 3.22. The highest BCUT2D eigenvalue weighted by atomic mass is 32.2. The van der Waals surface area contributed by atoms with E-state index in [9.17, 15) is 9.59 Å². The molecule has 0 aromatic carbocycles. The molecule has 2 aliphatic rings. The lowest BCUT2D eigenvalue weighted by molar-refractivity contribution is -0.116. The number of pyridine rings is 1. The smallest absolute Gasteiger partial charge is 0.236 e. The zero-order chi connectivity index (χ0) is 21.4. The summed E-state index contributed by atoms with van der Waals surface area (Å²) in [6.45, 7) is 2.78. The van der Waals surface area contributed by atoms with Crippen molar-refractivity contribution >= 4 is 40.4 Å². The first kappa shape index (κ1) is 20.2. The predicted molar refractivity (Wildman–Crippen MR) is 125 cm³/mol. The van der Waals surface area contributed by atoms with E-state index in [1.54, 1.807) is 23.5 Å². The van der Waals surface area contributed by atoms with Crippen molar-refractivity contribution in [3.8, 4) is 11.3 Å². The van der Waals surface area contributed by atoms with Crippen LogP contribution in [-0.4, -0.2) is 49.7 Å². The van der Waals surface area contributed by atoms with Crippen LogP contribution in [0.4, 0.5) is 5.82 Å². The molecular weight excluding hydrogens is 410 g/mol. The summed E-state index contributed by atoms with van der Waals surface area (Å²) in [5, 5.41) is 0. The molecule has 1 amide bonds. The molecule has 1 saturated heterocycles. The second kappa shape index (κ2) is 8.07. The van der Waals surface area contributed by atoms with Crippen LogP contribution in [0, 0.1) is 5.41 Å². The maximum absolute atomic E-state index is 13.4. The molecule has 5 rings (SSSR count). The molecule has 3 aromatic heterocycles. The van der Waals surface area contributed by atoms with Gasteiger partial charge in [0.05, 0.1) is 23.2 Å². The molecular formula is C23H27N5O2S. The van der Waals surface area contributed by atoms with Gasteiger partial charge in [0.25, 0.3) is 0 Å². The Morgan fingerprint density at radius 2 is 2.06 bits per heavy atom. The fraction of sp³-hybridized carbons (Fsp3) is 0.435. The minimum Gasteiger partial charge on any atom is -0.344 e. The third kappa shape index (κ3) is 3.73. The number of hydrogen-bond acceptors (Lipinski definition) is 5. The molecule has 0 bridgehead atoms. The van der Waals surface area contributed by atoms with Crippen LogP contribution in [0.2, 0.25) is 0 Å². The van der Waals surface area contributed by atoms with Gasteiger partial charge in [-0.05, 0) is 30.7 Å². The molecule has 0 spiro atoms. The minimum absolute atomic E-state index is 0.120. The number of hydrogen-bond donors (Lipinski definition) is 1. The number of ketones is 1. The highest BCUT2D eigenvalue weighted by Crippen LogP contribution is 2.39. The summed E-state index contributed by atoms with van der Waals surface area (Å²) < 4.78 is 0. The van der Waals surface area contributed by atoms with Crippen LogP contribution in [0.3, 0.4) is 0 Å². The third-order valence-corrected chi connectivity index (χ3v) is 7.67. The van der Waals surface area contributed by atoms with E-state index < -0.39 is 0 Å². The summed E-state index contributed by atoms with van der Waals surface area (Å²) in [5.74, 6) is 2.52. The van der Waals surface area contributed by atoms with Gasteiger partial charge >= 0.3 is 0 Å². The summed E-state index contributed by atoms with van der Waals surface area (Å²) in [5.41, 5.74) is 3.03. The lowest BCUT2D eigenvalue weighted by Gasteiger charge is -2.31. The Morgan fingerprint density at radius 3 is 2.87 bits per heavy atom. The van der Waals surface area contributed by atoms with E-state index in [1.807, 2.05) is 12.1 Å². The lowest BCUT2D eigenvalue weighted by atomic mass is 9.71. The first-order chi connectivity index (χ1) is 15.0. The molecule has 2 fully saturated rings. The fourth-order valence-corrected chi connectivity index (χ4v) is 5.63. The Hall–Kier alpha value is -2.74. The van der Waals surface area contributed by atoms with E-state index in [-0.39, 0.29) is 17.1 Å². The number of aromatic nitrogens is 4. The molecule has 162 valence electrons. The number of fused-ring (bicyclic) bond motifs is 1. The number of nitrogens with zero attached hydrogens (tertiary/aromatic N) is 4. The minimum atomic E-state index is -0.329. The number of aromatic amines is 1. The standard InChI is InChI=1S/C23H27N5O2S/c1-23(6-3-2-4-7-23)21(30)16-12-25-22-20(16)27-17(13-26-22)15-5-8-24-18(11-15)28-9-10-31-14-19(28)29/h5,8,11-13H,2-4,6-7,9-10,14,31H2,1H3,(H,25,26). The Bertz CT molecular complexity index is 1150. The number of Topliss-reactive ketones (excluding diaryl/α,β-unsaturated/α-hetero) is 1. The van der Waals surface area contributed by atoms with E-state index in [0.29, 0.717) is 52.3 Å². The molecule has 4 heterocycles. The van der Waals surface area contributed by atoms with Crippen LogP contribution in [0.1, 0.15) is 49.4 Å². The van der Waals surface area contributed by atoms with Gasteiger partial charge in [-0.3, -0.25) is 26.3 Å². The van der Waals surface area contributed by atoms with Crippen molar-refractivity contribution in [2.24, 2.45) is 5.41 Å². The first-order valence-corrected chi connectivity index (χ1v) is 12.3. The summed E-state index contributed by atoms with van der Waals surface area (Å²) in [6.07, 6.45) is 10.4. The third-order valence-electron chi connectivity index (χ3n) is 6.54. The van der Waals surface area contributed by atoms with Crippen LogP contribution in [-0.2, 0) is 4.79 Å². The molecule has 8 heteroatoms. The molecule has 1 aliphatic heterocycles. The van der Waals surface area contributed by atoms with Crippen molar-refractivity contribution in [3.05, 3.63) is 36.3 Å². The maximum atomic E-state index is 13.4. The second-order valence-electron chi connectivity index (χ2n) is 8.73. The summed E-state index contributed by atoms with van der Waals surface area (Å²) >= 11 is 0.694. The van der Waals surface area contributed by atoms with Gasteiger partial charge in [0, 0.05) is 29.9 Å². The number of rotatable bonds is 4. The highest BCUT2D eigenvalue weighted by molar-refractivity contribution is 8.00. The summed E-state index contributed by atoms with van der Waals surface area (Å²) in [6, 6.07) is 3.75. The molecule has 1 aliphatic carbocycles. The summed E-state index contributed by atoms with van der Waals surface area (Å²) in [4.78, 5) is 44.3. The summed E-state index contributed by atoms with van der Waals surface area (Å²) in [7, 11) is 0. The van der Waals surface area contributed by atoms with Gasteiger partial charge in [0.2, 0.25) is 5.91 Å². The van der Waals surface area contributed by atoms with Crippen LogP contribution in [0.25, 0.3) is 22.4 Å². The Balaban J connectivity index is 1.50. The van der Waals surface area contributed by atoms with E-state index in [2.05, 4.69) is 21.9 Å². The molecule has 7 nitrogen and oxygen atoms in total. The van der Waals surface area contributed by atoms with E-state index >= 15 is 0 Å². The SMILES string of the molecule is CC1(C(=O)c2c[nH]c3ncc(-c4ccnc(N5CC[SH2]CC5=O)c4)nc23)CCCCC1. The Morgan fingerprint density at radius 1 is 1.23 bits per heavy atom. The Labute approximate surface area is 185 Å². The topological polar surface area (TPSA) is 91.8 Å². The van der Waals surface area contributed by atoms with E-state index in [0.717, 1.165) is 37.0 Å². The molecule has 3 aromatic rings. The first-order valence-electron chi connectivity index (χ1n) is 10.9. The zero-order valence-electron chi connectivity index (χ0n) is 17.6. The number of nitrogens with one attached hydrogen (secondary N) is 1. The molecule has 0 unspecified atom stereocenters. The van der Waals surface area contributed by atoms with Crippen LogP contribution in [0.5, 0.6) is 0 Å². The van der Waals surface area contributed by atoms with Crippen molar-refractivity contribution in [3.63, 3.8) is 0 Å². The Kier molecular flexibility index (Phi) is 5.25. The van der Waals surface area contributed by atoms with Gasteiger partial charge in [-0.25, -0.2) is 15.0 Å². The second-order valence-corrected chi connectivity index (χ2v) is 10.1. The molecule has 1 N–H and O–H groups in total. The molecule has 0 atom stereocenters. The highest BCUT2D eigenvalue weighted by Gasteiger charge is 2.36. The maximum Gasteiger partial charge on any atom is 0.236 e. The molecule has 31 heavy (non-hydrogen) atoms. The van der Waals surface area contributed by atoms with Crippen molar-refractivity contribution < 1.29 is 9.59 Å². The van der Waals surface area contributed by atoms with Gasteiger partial charge in [0.1, 0.15) is 11.3 Å². The van der Waals surface area contributed by atoms with Crippen molar-refractivity contribution in [2.45, 2.75) is 39.0 Å². The number of anilines is 1. The van der Waals surface area contributed by atoms with Gasteiger partial charge < -0.3 is 4.98 Å². The monoisotopic (exact) mass is 437 g/mol. The van der Waals surface area contributed by atoms with Crippen LogP contribution >= 0.6 is 11.8 Å². The van der Waals surface area contributed by atoms with Gasteiger partial charge in [-0.15, -0.1) is 0 Å². The number of amides is 1. The molecule has 1 saturated carbocycles. The van der Waals surface area contributed by atoms with Crippen LogP contribution in [0.15, 0.2) is 30.7 Å². The normalized spacial score (nSPS) is 20.3. The molecule has 0 radical (unpaired) electrons. The number of carbonyl (C=O) groups excluding carboxylic acids is 2.